The van der Waals surface area contributed by atoms with Crippen LogP contribution in [0.1, 0.15) is 36.5 Å². The molecule has 1 atom stereocenters. The number of hydrogen-bond acceptors (Lipinski definition) is 3. The van der Waals surface area contributed by atoms with Crippen LogP contribution in [0.5, 0.6) is 0 Å². The summed E-state index contributed by atoms with van der Waals surface area (Å²) in [6.45, 7) is 2.01. The molecular weight excluding hydrogens is 266 g/mol. The highest BCUT2D eigenvalue weighted by Gasteiger charge is 2.42. The predicted octanol–water partition coefficient (Wildman–Crippen LogP) is 2.26. The number of fused-ring (bicyclic) bond motifs is 1. The predicted molar refractivity (Wildman–Crippen MR) is 81.2 cm³/mol. The lowest BCUT2D eigenvalue weighted by molar-refractivity contribution is -0.0919. The third-order valence-electron chi connectivity index (χ3n) is 4.73. The van der Waals surface area contributed by atoms with Crippen molar-refractivity contribution in [3.05, 3.63) is 30.1 Å². The zero-order chi connectivity index (χ0) is 15.0. The maximum atomic E-state index is 12.4. The molecule has 2 aromatic rings. The molecule has 1 saturated carbocycles. The van der Waals surface area contributed by atoms with Crippen LogP contribution in [-0.4, -0.2) is 34.2 Å². The normalized spacial score (nSPS) is 18.2. The van der Waals surface area contributed by atoms with Crippen LogP contribution in [0.15, 0.2) is 24.5 Å². The van der Waals surface area contributed by atoms with Gasteiger partial charge in [0.15, 0.2) is 0 Å². The Kier molecular flexibility index (Phi) is 3.45. The molecule has 1 aliphatic carbocycles. The van der Waals surface area contributed by atoms with Crippen LogP contribution in [0, 0.1) is 0 Å². The van der Waals surface area contributed by atoms with Crippen LogP contribution in [0.25, 0.3) is 11.0 Å². The molecule has 0 bridgehead atoms. The fraction of sp³-hybridized carbons (Fsp3) is 0.500. The Hall–Kier alpha value is -1.88. The first kappa shape index (κ1) is 14.1. The van der Waals surface area contributed by atoms with Crippen molar-refractivity contribution >= 4 is 16.9 Å². The van der Waals surface area contributed by atoms with E-state index in [4.69, 9.17) is 4.74 Å². The van der Waals surface area contributed by atoms with E-state index >= 15 is 0 Å². The first-order valence-electron chi connectivity index (χ1n) is 7.33. The lowest BCUT2D eigenvalue weighted by Gasteiger charge is -2.45. The summed E-state index contributed by atoms with van der Waals surface area (Å²) in [5, 5.41) is 3.06. The van der Waals surface area contributed by atoms with Crippen LogP contribution in [-0.2, 0) is 11.8 Å². The molecule has 1 fully saturated rings. The highest BCUT2D eigenvalue weighted by Crippen LogP contribution is 2.38. The van der Waals surface area contributed by atoms with Gasteiger partial charge in [0, 0.05) is 19.7 Å². The average molecular weight is 287 g/mol. The second-order valence-electron chi connectivity index (χ2n) is 5.88. The minimum atomic E-state index is -0.190. The third-order valence-corrected chi connectivity index (χ3v) is 4.73. The fourth-order valence-corrected chi connectivity index (χ4v) is 3.03. The van der Waals surface area contributed by atoms with Gasteiger partial charge >= 0.3 is 0 Å². The molecule has 1 aliphatic rings. The van der Waals surface area contributed by atoms with E-state index in [0.29, 0.717) is 5.56 Å². The molecule has 0 spiro atoms. The van der Waals surface area contributed by atoms with E-state index in [9.17, 15) is 4.79 Å². The van der Waals surface area contributed by atoms with E-state index in [1.54, 1.807) is 13.4 Å². The Morgan fingerprint density at radius 1 is 1.48 bits per heavy atom. The number of imidazole rings is 1. The second kappa shape index (κ2) is 5.15. The summed E-state index contributed by atoms with van der Waals surface area (Å²) >= 11 is 0. The minimum Gasteiger partial charge on any atom is -0.376 e. The number of hydrogen-bond donors (Lipinski definition) is 1. The van der Waals surface area contributed by atoms with Gasteiger partial charge in [-0.1, -0.05) is 0 Å². The zero-order valence-electron chi connectivity index (χ0n) is 12.7. The van der Waals surface area contributed by atoms with Crippen LogP contribution >= 0.6 is 0 Å². The first-order chi connectivity index (χ1) is 10.1. The van der Waals surface area contributed by atoms with E-state index in [0.717, 1.165) is 30.3 Å². The Morgan fingerprint density at radius 3 is 2.86 bits per heavy atom. The number of nitrogens with one attached hydrogen (secondary N) is 1. The highest BCUT2D eigenvalue weighted by atomic mass is 16.5. The fourth-order valence-electron chi connectivity index (χ4n) is 3.03. The number of carbonyl (C=O) groups excluding carboxylic acids is 1. The van der Waals surface area contributed by atoms with Crippen LogP contribution in [0.2, 0.25) is 0 Å². The molecule has 1 aromatic heterocycles. The summed E-state index contributed by atoms with van der Waals surface area (Å²) < 4.78 is 7.55. The molecule has 1 amide bonds. The summed E-state index contributed by atoms with van der Waals surface area (Å²) in [4.78, 5) is 16.7. The molecule has 5 heteroatoms. The van der Waals surface area contributed by atoms with E-state index in [2.05, 4.69) is 10.3 Å². The van der Waals surface area contributed by atoms with E-state index in [-0.39, 0.29) is 17.6 Å². The van der Waals surface area contributed by atoms with Gasteiger partial charge in [-0.25, -0.2) is 4.98 Å². The van der Waals surface area contributed by atoms with Crippen molar-refractivity contribution in [3.8, 4) is 0 Å². The molecule has 1 heterocycles. The highest BCUT2D eigenvalue weighted by molar-refractivity contribution is 5.97. The number of benzene rings is 1. The second-order valence-corrected chi connectivity index (χ2v) is 5.88. The van der Waals surface area contributed by atoms with Gasteiger partial charge in [0.2, 0.25) is 0 Å². The number of carbonyl (C=O) groups is 1. The Morgan fingerprint density at radius 2 is 2.24 bits per heavy atom. The molecule has 1 aromatic carbocycles. The summed E-state index contributed by atoms with van der Waals surface area (Å²) in [7, 11) is 3.66. The molecule has 3 rings (SSSR count). The van der Waals surface area contributed by atoms with Crippen molar-refractivity contribution in [2.75, 3.05) is 7.11 Å². The molecule has 5 nitrogen and oxygen atoms in total. The third kappa shape index (κ3) is 2.31. The number of rotatable bonds is 4. The lowest BCUT2D eigenvalue weighted by atomic mass is 9.75. The summed E-state index contributed by atoms with van der Waals surface area (Å²) in [5.41, 5.74) is 2.30. The lowest BCUT2D eigenvalue weighted by Crippen LogP contribution is -2.56. The number of nitrogens with zero attached hydrogens (tertiary/aromatic N) is 2. The monoisotopic (exact) mass is 287 g/mol. The molecule has 21 heavy (non-hydrogen) atoms. The van der Waals surface area contributed by atoms with E-state index in [1.165, 1.54) is 0 Å². The Labute approximate surface area is 124 Å². The molecule has 1 unspecified atom stereocenters. The average Bonchev–Trinajstić information content (AvgIpc) is 2.79. The van der Waals surface area contributed by atoms with Crippen molar-refractivity contribution in [1.82, 2.24) is 14.9 Å². The first-order valence-corrected chi connectivity index (χ1v) is 7.33. The van der Waals surface area contributed by atoms with Gasteiger partial charge in [0.1, 0.15) is 0 Å². The molecule has 0 saturated heterocycles. The number of amides is 1. The van der Waals surface area contributed by atoms with Gasteiger partial charge in [0.05, 0.1) is 29.0 Å². The quantitative estimate of drug-likeness (QED) is 0.938. The molecule has 112 valence electrons. The van der Waals surface area contributed by atoms with E-state index < -0.39 is 0 Å². The van der Waals surface area contributed by atoms with Gasteiger partial charge < -0.3 is 14.6 Å². The molecule has 1 N–H and O–H groups in total. The van der Waals surface area contributed by atoms with Crippen molar-refractivity contribution < 1.29 is 9.53 Å². The van der Waals surface area contributed by atoms with Gasteiger partial charge in [-0.2, -0.15) is 0 Å². The summed E-state index contributed by atoms with van der Waals surface area (Å²) in [5.74, 6) is -0.0709. The number of ether oxygens (including phenoxy) is 1. The van der Waals surface area contributed by atoms with Gasteiger partial charge in [-0.15, -0.1) is 0 Å². The maximum absolute atomic E-state index is 12.4. The van der Waals surface area contributed by atoms with Crippen molar-refractivity contribution in [2.45, 2.75) is 37.8 Å². The Bertz CT molecular complexity index is 668. The topological polar surface area (TPSA) is 56.1 Å². The molecule has 0 aliphatic heterocycles. The SMILES string of the molecule is COC1(C(C)NC(=O)c2ccc3c(c2)ncn3C)CCC1. The minimum absolute atomic E-state index is 0.00294. The molecule has 0 radical (unpaired) electrons. The molecular formula is C16H21N3O2. The van der Waals surface area contributed by atoms with Gasteiger partial charge in [0.25, 0.3) is 5.91 Å². The van der Waals surface area contributed by atoms with Crippen molar-refractivity contribution in [3.63, 3.8) is 0 Å². The Balaban J connectivity index is 1.77. The standard InChI is InChI=1S/C16H21N3O2/c1-11(16(21-3)7-4-8-16)18-15(20)12-5-6-14-13(9-12)17-10-19(14)2/h5-6,9-11H,4,7-8H2,1-3H3,(H,18,20). The number of aryl methyl sites for hydroxylation is 1. The number of methoxy groups -OCH3 is 1. The smallest absolute Gasteiger partial charge is 0.251 e. The largest absolute Gasteiger partial charge is 0.376 e. The number of aromatic nitrogens is 2. The van der Waals surface area contributed by atoms with Crippen LogP contribution in [0.3, 0.4) is 0 Å². The van der Waals surface area contributed by atoms with Crippen molar-refractivity contribution in [2.24, 2.45) is 7.05 Å². The van der Waals surface area contributed by atoms with Crippen LogP contribution < -0.4 is 5.32 Å². The van der Waals surface area contributed by atoms with Crippen molar-refractivity contribution in [1.29, 1.82) is 0 Å². The summed E-state index contributed by atoms with van der Waals surface area (Å²) in [6.07, 6.45) is 4.92. The summed E-state index contributed by atoms with van der Waals surface area (Å²) in [6, 6.07) is 5.60. The van der Waals surface area contributed by atoms with Gasteiger partial charge in [-0.05, 0) is 44.4 Å². The maximum Gasteiger partial charge on any atom is 0.251 e. The zero-order valence-corrected chi connectivity index (χ0v) is 12.7. The van der Waals surface area contributed by atoms with Gasteiger partial charge in [-0.3, -0.25) is 4.79 Å². The van der Waals surface area contributed by atoms with E-state index in [1.807, 2.05) is 36.7 Å². The van der Waals surface area contributed by atoms with Crippen LogP contribution in [0.4, 0.5) is 0 Å².